The maximum atomic E-state index is 15.0. The second-order valence-corrected chi connectivity index (χ2v) is 20.5. The summed E-state index contributed by atoms with van der Waals surface area (Å²) in [6.07, 6.45) is 2.31. The van der Waals surface area contributed by atoms with E-state index < -0.39 is 42.2 Å². The molecule has 0 fully saturated rings. The highest BCUT2D eigenvalue weighted by molar-refractivity contribution is 7.22. The van der Waals surface area contributed by atoms with E-state index >= 15 is 4.79 Å². The van der Waals surface area contributed by atoms with Gasteiger partial charge in [-0.2, -0.15) is 0 Å². The van der Waals surface area contributed by atoms with Crippen LogP contribution in [0, 0.1) is 13.8 Å². The van der Waals surface area contributed by atoms with Crippen LogP contribution in [0.25, 0.3) is 21.0 Å². The van der Waals surface area contributed by atoms with Gasteiger partial charge in [-0.05, 0) is 73.6 Å². The molecule has 6 aromatic rings. The van der Waals surface area contributed by atoms with E-state index in [9.17, 15) is 9.59 Å². The number of hydrogen-bond acceptors (Lipinski definition) is 8. The quantitative estimate of drug-likeness (QED) is 0.126. The van der Waals surface area contributed by atoms with Gasteiger partial charge in [0.2, 0.25) is 5.89 Å². The fraction of sp³-hybridized carbons (Fsp3) is 0.333. The first-order valence-electron chi connectivity index (χ1n) is 17.8. The molecule has 9 nitrogen and oxygen atoms in total. The van der Waals surface area contributed by atoms with Gasteiger partial charge in [-0.25, -0.2) is 14.3 Å². The Morgan fingerprint density at radius 3 is 2.00 bits per heavy atom. The first kappa shape index (κ1) is 37.9. The van der Waals surface area contributed by atoms with Gasteiger partial charge in [0.25, 0.3) is 5.56 Å². The van der Waals surface area contributed by atoms with Gasteiger partial charge in [0.1, 0.15) is 22.7 Å². The van der Waals surface area contributed by atoms with Crippen LogP contribution in [-0.4, -0.2) is 34.5 Å². The Balaban J connectivity index is 1.59. The van der Waals surface area contributed by atoms with Gasteiger partial charge in [-0.1, -0.05) is 106 Å². The van der Waals surface area contributed by atoms with E-state index in [1.54, 1.807) is 24.6 Å². The van der Waals surface area contributed by atoms with Crippen molar-refractivity contribution in [2.75, 3.05) is 0 Å². The van der Waals surface area contributed by atoms with Crippen molar-refractivity contribution < 1.29 is 18.4 Å². The minimum Gasteiger partial charge on any atom is -0.508 e. The van der Waals surface area contributed by atoms with Crippen molar-refractivity contribution >= 4 is 46.2 Å². The lowest BCUT2D eigenvalue weighted by atomic mass is 10.0. The number of benzene rings is 3. The van der Waals surface area contributed by atoms with Crippen molar-refractivity contribution in [1.82, 2.24) is 14.1 Å². The molecule has 276 valence electrons. The number of oxazole rings is 1. The average molecular weight is 750 g/mol. The molecule has 11 heteroatoms. The highest BCUT2D eigenvalue weighted by atomic mass is 32.1. The predicted molar refractivity (Wildman–Crippen MR) is 214 cm³/mol. The molecule has 0 aliphatic carbocycles. The second-order valence-electron chi connectivity index (χ2n) is 15.2. The summed E-state index contributed by atoms with van der Waals surface area (Å²) in [4.78, 5) is 50.3. The van der Waals surface area contributed by atoms with E-state index in [4.69, 9.17) is 13.6 Å². The zero-order valence-corrected chi connectivity index (χ0v) is 33.6. The number of aryl methyl sites for hydroxylation is 2. The smallest absolute Gasteiger partial charge is 0.333 e. The Labute approximate surface area is 315 Å². The Morgan fingerprint density at radius 1 is 0.887 bits per heavy atom. The Morgan fingerprint density at radius 2 is 1.47 bits per heavy atom. The predicted octanol–water partition coefficient (Wildman–Crippen LogP) is 7.50. The minimum atomic E-state index is -3.41. The summed E-state index contributed by atoms with van der Waals surface area (Å²) >= 11 is 1.26. The van der Waals surface area contributed by atoms with Crippen molar-refractivity contribution in [2.24, 2.45) is 0 Å². The van der Waals surface area contributed by atoms with E-state index in [-0.39, 0.29) is 12.6 Å². The van der Waals surface area contributed by atoms with Gasteiger partial charge in [-0.15, -0.1) is 11.3 Å². The van der Waals surface area contributed by atoms with Crippen molar-refractivity contribution in [3.05, 3.63) is 135 Å². The first-order chi connectivity index (χ1) is 25.1. The summed E-state index contributed by atoms with van der Waals surface area (Å²) in [7, 11) is -3.41. The molecular formula is C42H47N3O6SSi. The van der Waals surface area contributed by atoms with Gasteiger partial charge >= 0.3 is 20.0 Å². The number of carbonyl (C=O) groups excluding carboxylic acids is 1. The first-order valence-corrected chi connectivity index (χ1v) is 20.6. The van der Waals surface area contributed by atoms with E-state index in [2.05, 4.69) is 25.8 Å². The lowest BCUT2D eigenvalue weighted by Gasteiger charge is -2.43. The molecule has 0 aliphatic rings. The molecule has 3 heterocycles. The molecule has 0 aliphatic heterocycles. The molecule has 3 aromatic carbocycles. The van der Waals surface area contributed by atoms with Gasteiger partial charge in [0.15, 0.2) is 0 Å². The third-order valence-electron chi connectivity index (χ3n) is 9.88. The fourth-order valence-corrected chi connectivity index (χ4v) is 12.9. The van der Waals surface area contributed by atoms with E-state index in [0.29, 0.717) is 26.5 Å². The van der Waals surface area contributed by atoms with Crippen molar-refractivity contribution in [1.29, 1.82) is 0 Å². The van der Waals surface area contributed by atoms with Gasteiger partial charge in [-0.3, -0.25) is 14.2 Å². The third-order valence-corrected chi connectivity index (χ3v) is 16.1. The van der Waals surface area contributed by atoms with Crippen molar-refractivity contribution in [3.8, 4) is 10.8 Å². The molecule has 1 atom stereocenters. The summed E-state index contributed by atoms with van der Waals surface area (Å²) in [5, 5.41) is 1.58. The molecule has 0 bridgehead atoms. The maximum absolute atomic E-state index is 15.0. The normalized spacial score (nSPS) is 13.1. The summed E-state index contributed by atoms with van der Waals surface area (Å²) in [5.41, 5.74) is -0.426. The summed E-state index contributed by atoms with van der Waals surface area (Å²) in [6.45, 7) is 17.2. The van der Waals surface area contributed by atoms with Crippen LogP contribution in [-0.2, 0) is 26.0 Å². The molecule has 3 aromatic heterocycles. The molecule has 0 saturated heterocycles. The number of rotatable bonds is 11. The number of ether oxygens (including phenoxy) is 1. The van der Waals surface area contributed by atoms with E-state index in [0.717, 1.165) is 26.1 Å². The van der Waals surface area contributed by atoms with Gasteiger partial charge in [0, 0.05) is 0 Å². The standard InChI is InChI=1S/C42H47N3O6SSi/c1-27(2)50-33(32-23-17-16-18-28(32)3)26-44-38-34(29(4)35(52-38)36-43-24-25-49-36)37(46)45(40(44)48)42(8,9)39(47)51-53(41(5,6)7,30-19-12-10-13-20-30)31-21-14-11-15-22-31/h10-25,27,33H,26H2,1-9H3. The SMILES string of the molecule is Cc1ccccc1C(Cn1c(=O)n(C(C)(C)C(=O)O[Si](c2ccccc2)(c2ccccc2)C(C)(C)C)c(=O)c2c(C)c(-c3ncco3)sc21)OC(C)C. The van der Waals surface area contributed by atoms with E-state index in [1.807, 2.05) is 113 Å². The van der Waals surface area contributed by atoms with Crippen molar-refractivity contribution in [3.63, 3.8) is 0 Å². The summed E-state index contributed by atoms with van der Waals surface area (Å²) in [6, 6.07) is 27.5. The molecule has 1 unspecified atom stereocenters. The molecule has 53 heavy (non-hydrogen) atoms. The average Bonchev–Trinajstić information content (AvgIpc) is 3.77. The van der Waals surface area contributed by atoms with Crippen LogP contribution < -0.4 is 21.6 Å². The monoisotopic (exact) mass is 749 g/mol. The molecule has 0 saturated carbocycles. The fourth-order valence-electron chi connectivity index (χ4n) is 7.20. The number of carbonyl (C=O) groups is 1. The topological polar surface area (TPSA) is 106 Å². The number of thiophene rings is 1. The van der Waals surface area contributed by atoms with Crippen LogP contribution in [0.15, 0.2) is 111 Å². The Hall–Kier alpha value is -4.84. The molecule has 0 spiro atoms. The van der Waals surface area contributed by atoms with Gasteiger partial charge in [0.05, 0.1) is 29.1 Å². The Kier molecular flexibility index (Phi) is 10.4. The highest BCUT2D eigenvalue weighted by Gasteiger charge is 2.55. The maximum Gasteiger partial charge on any atom is 0.333 e. The molecule has 0 amide bonds. The van der Waals surface area contributed by atoms with Crippen molar-refractivity contribution in [2.45, 2.75) is 91.6 Å². The third kappa shape index (κ3) is 6.77. The molecule has 6 rings (SSSR count). The van der Waals surface area contributed by atoms with Crippen LogP contribution in [0.1, 0.15) is 71.3 Å². The van der Waals surface area contributed by atoms with Crippen LogP contribution in [0.2, 0.25) is 5.04 Å². The lowest BCUT2D eigenvalue weighted by Crippen LogP contribution is -2.69. The zero-order valence-electron chi connectivity index (χ0n) is 31.8. The number of nitrogens with zero attached hydrogens (tertiary/aromatic N) is 3. The number of aromatic nitrogens is 3. The van der Waals surface area contributed by atoms with Crippen LogP contribution in [0.3, 0.4) is 0 Å². The minimum absolute atomic E-state index is 0.0868. The van der Waals surface area contributed by atoms with E-state index in [1.165, 1.54) is 17.6 Å². The second kappa shape index (κ2) is 14.5. The number of fused-ring (bicyclic) bond motifs is 1. The molecule has 0 radical (unpaired) electrons. The highest BCUT2D eigenvalue weighted by Crippen LogP contribution is 2.39. The molecular weight excluding hydrogens is 703 g/mol. The Bertz CT molecular complexity index is 2310. The van der Waals surface area contributed by atoms with Crippen LogP contribution in [0.5, 0.6) is 0 Å². The summed E-state index contributed by atoms with van der Waals surface area (Å²) < 4.78 is 21.7. The lowest BCUT2D eigenvalue weighted by molar-refractivity contribution is -0.144. The zero-order chi connectivity index (χ0) is 38.3. The number of hydrogen-bond donors (Lipinski definition) is 0. The molecule has 0 N–H and O–H groups in total. The van der Waals surface area contributed by atoms with Crippen LogP contribution in [0.4, 0.5) is 0 Å². The van der Waals surface area contributed by atoms with Gasteiger partial charge < -0.3 is 13.6 Å². The summed E-state index contributed by atoms with van der Waals surface area (Å²) in [5.74, 6) is -0.334. The van der Waals surface area contributed by atoms with Crippen LogP contribution >= 0.6 is 11.3 Å². The largest absolute Gasteiger partial charge is 0.508 e.